The summed E-state index contributed by atoms with van der Waals surface area (Å²) in [4.78, 5) is -0.448. The zero-order chi connectivity index (χ0) is 18.7. The third kappa shape index (κ3) is 3.57. The van der Waals surface area contributed by atoms with Crippen LogP contribution in [0.3, 0.4) is 0 Å². The molecular formula is C19H16FN3O2S. The second kappa shape index (κ2) is 6.97. The molecule has 3 aromatic rings. The van der Waals surface area contributed by atoms with Gasteiger partial charge in [-0.1, -0.05) is 42.5 Å². The maximum Gasteiger partial charge on any atom is 0.264 e. The highest BCUT2D eigenvalue weighted by Gasteiger charge is 2.19. The molecule has 0 unspecified atom stereocenters. The van der Waals surface area contributed by atoms with Crippen molar-refractivity contribution in [1.82, 2.24) is 0 Å². The van der Waals surface area contributed by atoms with E-state index in [0.29, 0.717) is 16.8 Å². The SMILES string of the molecule is N=C(c1ccccc1)c1cc(NS(=O)(=O)c2ccccc2F)ccc1N. The smallest absolute Gasteiger partial charge is 0.264 e. The molecule has 0 aliphatic rings. The maximum atomic E-state index is 13.8. The predicted molar refractivity (Wildman–Crippen MR) is 100 cm³/mol. The molecule has 0 saturated heterocycles. The Balaban J connectivity index is 1.96. The van der Waals surface area contributed by atoms with Gasteiger partial charge in [-0.2, -0.15) is 0 Å². The van der Waals surface area contributed by atoms with Gasteiger partial charge in [0.1, 0.15) is 10.7 Å². The molecule has 0 aromatic heterocycles. The summed E-state index contributed by atoms with van der Waals surface area (Å²) >= 11 is 0. The van der Waals surface area contributed by atoms with E-state index in [9.17, 15) is 12.8 Å². The molecule has 0 atom stereocenters. The van der Waals surface area contributed by atoms with Crippen molar-refractivity contribution in [2.24, 2.45) is 0 Å². The van der Waals surface area contributed by atoms with Crippen molar-refractivity contribution in [3.8, 4) is 0 Å². The van der Waals surface area contributed by atoms with Crippen LogP contribution in [0.2, 0.25) is 0 Å². The van der Waals surface area contributed by atoms with Gasteiger partial charge >= 0.3 is 0 Å². The van der Waals surface area contributed by atoms with Crippen LogP contribution >= 0.6 is 0 Å². The number of benzene rings is 3. The van der Waals surface area contributed by atoms with E-state index in [2.05, 4.69) is 4.72 Å². The van der Waals surface area contributed by atoms with Crippen molar-refractivity contribution in [1.29, 1.82) is 5.41 Å². The molecule has 3 rings (SSSR count). The number of halogens is 1. The summed E-state index contributed by atoms with van der Waals surface area (Å²) in [7, 11) is -4.10. The topological polar surface area (TPSA) is 96.0 Å². The first-order chi connectivity index (χ1) is 12.4. The third-order valence-electron chi connectivity index (χ3n) is 3.76. The Kier molecular flexibility index (Phi) is 4.73. The molecule has 0 aliphatic heterocycles. The summed E-state index contributed by atoms with van der Waals surface area (Å²) < 4.78 is 41.0. The van der Waals surface area contributed by atoms with Gasteiger partial charge < -0.3 is 5.73 Å². The van der Waals surface area contributed by atoms with Crippen LogP contribution in [-0.2, 0) is 10.0 Å². The summed E-state index contributed by atoms with van der Waals surface area (Å²) in [6, 6.07) is 18.5. The number of nitrogen functional groups attached to an aromatic ring is 1. The summed E-state index contributed by atoms with van der Waals surface area (Å²) in [6.07, 6.45) is 0. The van der Waals surface area contributed by atoms with Gasteiger partial charge in [-0.05, 0) is 30.3 Å². The Morgan fingerprint density at radius 1 is 0.962 bits per heavy atom. The first-order valence-electron chi connectivity index (χ1n) is 7.70. The number of rotatable bonds is 5. The van der Waals surface area contributed by atoms with Crippen molar-refractivity contribution in [3.05, 3.63) is 89.7 Å². The summed E-state index contributed by atoms with van der Waals surface area (Å²) in [5.74, 6) is -0.840. The van der Waals surface area contributed by atoms with Crippen molar-refractivity contribution in [2.75, 3.05) is 10.5 Å². The molecule has 0 amide bonds. The van der Waals surface area contributed by atoms with Crippen LogP contribution < -0.4 is 10.5 Å². The van der Waals surface area contributed by atoms with Crippen LogP contribution in [-0.4, -0.2) is 14.1 Å². The monoisotopic (exact) mass is 369 g/mol. The van der Waals surface area contributed by atoms with Crippen LogP contribution in [0.25, 0.3) is 0 Å². The van der Waals surface area contributed by atoms with Gasteiger partial charge in [0.05, 0.1) is 5.71 Å². The zero-order valence-corrected chi connectivity index (χ0v) is 14.4. The van der Waals surface area contributed by atoms with E-state index in [4.69, 9.17) is 11.1 Å². The average molecular weight is 369 g/mol. The molecule has 7 heteroatoms. The molecule has 0 bridgehead atoms. The Hall–Kier alpha value is -3.19. The van der Waals surface area contributed by atoms with E-state index in [0.717, 1.165) is 6.07 Å². The first kappa shape index (κ1) is 17.6. The van der Waals surface area contributed by atoms with Gasteiger partial charge in [-0.25, -0.2) is 12.8 Å². The highest BCUT2D eigenvalue weighted by Crippen LogP contribution is 2.24. The van der Waals surface area contributed by atoms with Crippen LogP contribution in [0.5, 0.6) is 0 Å². The fraction of sp³-hybridized carbons (Fsp3) is 0. The summed E-state index contributed by atoms with van der Waals surface area (Å²) in [5.41, 5.74) is 7.67. The molecule has 0 aliphatic carbocycles. The average Bonchev–Trinajstić information content (AvgIpc) is 2.63. The van der Waals surface area contributed by atoms with Gasteiger partial charge in [0.25, 0.3) is 10.0 Å². The molecule has 0 saturated carbocycles. The quantitative estimate of drug-likeness (QED) is 0.473. The van der Waals surface area contributed by atoms with Crippen LogP contribution in [0.15, 0.2) is 77.7 Å². The number of nitrogens with two attached hydrogens (primary N) is 1. The zero-order valence-electron chi connectivity index (χ0n) is 13.6. The van der Waals surface area contributed by atoms with E-state index >= 15 is 0 Å². The van der Waals surface area contributed by atoms with Gasteiger partial charge in [0, 0.05) is 22.5 Å². The van der Waals surface area contributed by atoms with Crippen LogP contribution in [0.4, 0.5) is 15.8 Å². The predicted octanol–water partition coefficient (Wildman–Crippen LogP) is 3.62. The largest absolute Gasteiger partial charge is 0.398 e. The highest BCUT2D eigenvalue weighted by atomic mass is 32.2. The lowest BCUT2D eigenvalue weighted by atomic mass is 10.0. The Morgan fingerprint density at radius 3 is 2.31 bits per heavy atom. The number of sulfonamides is 1. The third-order valence-corrected chi connectivity index (χ3v) is 5.18. The fourth-order valence-corrected chi connectivity index (χ4v) is 3.60. The van der Waals surface area contributed by atoms with Gasteiger partial charge in [-0.15, -0.1) is 0 Å². The van der Waals surface area contributed by atoms with E-state index in [1.165, 1.54) is 36.4 Å². The van der Waals surface area contributed by atoms with E-state index in [-0.39, 0.29) is 11.4 Å². The second-order valence-electron chi connectivity index (χ2n) is 5.58. The molecule has 0 spiro atoms. The first-order valence-corrected chi connectivity index (χ1v) is 9.18. The van der Waals surface area contributed by atoms with Crippen molar-refractivity contribution in [3.63, 3.8) is 0 Å². The standard InChI is InChI=1S/C19H16FN3O2S/c20-16-8-4-5-9-18(16)26(24,25)23-14-10-11-17(21)15(12-14)19(22)13-6-2-1-3-7-13/h1-12,22-23H,21H2. The molecule has 3 aromatic carbocycles. The number of anilines is 2. The molecule has 26 heavy (non-hydrogen) atoms. The normalized spacial score (nSPS) is 11.1. The summed E-state index contributed by atoms with van der Waals surface area (Å²) in [5, 5.41) is 8.32. The van der Waals surface area contributed by atoms with Gasteiger partial charge in [0.2, 0.25) is 0 Å². The minimum absolute atomic E-state index is 0.162. The molecule has 132 valence electrons. The number of nitrogens with one attached hydrogen (secondary N) is 2. The summed E-state index contributed by atoms with van der Waals surface area (Å²) in [6.45, 7) is 0. The van der Waals surface area contributed by atoms with E-state index in [1.54, 1.807) is 24.3 Å². The second-order valence-corrected chi connectivity index (χ2v) is 7.23. The van der Waals surface area contributed by atoms with Crippen LogP contribution in [0, 0.1) is 11.2 Å². The van der Waals surface area contributed by atoms with Gasteiger partial charge in [-0.3, -0.25) is 10.1 Å². The van der Waals surface area contributed by atoms with E-state index < -0.39 is 20.7 Å². The maximum absolute atomic E-state index is 13.8. The minimum Gasteiger partial charge on any atom is -0.398 e. The van der Waals surface area contributed by atoms with E-state index in [1.807, 2.05) is 6.07 Å². The molecule has 0 heterocycles. The lowest BCUT2D eigenvalue weighted by Gasteiger charge is -2.13. The highest BCUT2D eigenvalue weighted by molar-refractivity contribution is 7.92. The molecular weight excluding hydrogens is 353 g/mol. The molecule has 0 fully saturated rings. The Morgan fingerprint density at radius 2 is 1.62 bits per heavy atom. The lowest BCUT2D eigenvalue weighted by Crippen LogP contribution is -2.15. The molecule has 0 radical (unpaired) electrons. The lowest BCUT2D eigenvalue weighted by molar-refractivity contribution is 0.570. The Bertz CT molecular complexity index is 1070. The number of hydrogen-bond donors (Lipinski definition) is 3. The van der Waals surface area contributed by atoms with Crippen molar-refractivity contribution < 1.29 is 12.8 Å². The van der Waals surface area contributed by atoms with Crippen molar-refractivity contribution in [2.45, 2.75) is 4.90 Å². The fourth-order valence-electron chi connectivity index (χ4n) is 2.47. The van der Waals surface area contributed by atoms with Gasteiger partial charge in [0.15, 0.2) is 0 Å². The van der Waals surface area contributed by atoms with Crippen molar-refractivity contribution >= 4 is 27.1 Å². The van der Waals surface area contributed by atoms with Crippen LogP contribution in [0.1, 0.15) is 11.1 Å². The minimum atomic E-state index is -4.10. The molecule has 4 N–H and O–H groups in total. The Labute approximate surface area is 150 Å². The molecule has 5 nitrogen and oxygen atoms in total. The number of hydrogen-bond acceptors (Lipinski definition) is 4.